The van der Waals surface area contributed by atoms with Crippen molar-refractivity contribution in [2.45, 2.75) is 19.9 Å². The third-order valence-corrected chi connectivity index (χ3v) is 4.59. The van der Waals surface area contributed by atoms with E-state index in [0.29, 0.717) is 5.95 Å². The van der Waals surface area contributed by atoms with Crippen LogP contribution in [0.5, 0.6) is 0 Å². The van der Waals surface area contributed by atoms with Crippen molar-refractivity contribution in [3.63, 3.8) is 0 Å². The Balaban J connectivity index is 1.54. The molecular weight excluding hydrogens is 326 g/mol. The molecule has 1 fully saturated rings. The molecule has 2 aromatic rings. The molecular formula is C20H29N5O. The zero-order chi connectivity index (χ0) is 18.2. The number of methoxy groups -OCH3 is 1. The molecule has 140 valence electrons. The van der Waals surface area contributed by atoms with E-state index in [1.165, 1.54) is 5.56 Å². The van der Waals surface area contributed by atoms with Crippen LogP contribution in [0.3, 0.4) is 0 Å². The van der Waals surface area contributed by atoms with Gasteiger partial charge in [0.1, 0.15) is 5.82 Å². The standard InChI is InChI=1S/C20H29N5O/c1-17-15-19(23-20(22-17)21-9-6-14-26-2)25-12-10-24(11-13-25)16-18-7-4-3-5-8-18/h3-5,7-8,15H,6,9-14,16H2,1-2H3,(H,21,22,23). The summed E-state index contributed by atoms with van der Waals surface area (Å²) in [6.45, 7) is 8.69. The summed E-state index contributed by atoms with van der Waals surface area (Å²) in [7, 11) is 1.72. The number of aryl methyl sites for hydroxylation is 1. The van der Waals surface area contributed by atoms with E-state index in [2.05, 4.69) is 56.5 Å². The number of aromatic nitrogens is 2. The van der Waals surface area contributed by atoms with Crippen molar-refractivity contribution < 1.29 is 4.74 Å². The number of nitrogens with zero attached hydrogens (tertiary/aromatic N) is 4. The van der Waals surface area contributed by atoms with Crippen LogP contribution in [0.15, 0.2) is 36.4 Å². The second-order valence-corrected chi connectivity index (χ2v) is 6.71. The van der Waals surface area contributed by atoms with Crippen LogP contribution in [-0.2, 0) is 11.3 Å². The van der Waals surface area contributed by atoms with Crippen LogP contribution >= 0.6 is 0 Å². The van der Waals surface area contributed by atoms with Gasteiger partial charge in [0, 0.05) is 64.7 Å². The van der Waals surface area contributed by atoms with Crippen molar-refractivity contribution in [1.82, 2.24) is 14.9 Å². The van der Waals surface area contributed by atoms with Gasteiger partial charge in [-0.25, -0.2) is 4.98 Å². The van der Waals surface area contributed by atoms with E-state index in [-0.39, 0.29) is 0 Å². The Morgan fingerprint density at radius 1 is 1.08 bits per heavy atom. The van der Waals surface area contributed by atoms with E-state index in [1.807, 2.05) is 6.92 Å². The summed E-state index contributed by atoms with van der Waals surface area (Å²) in [6, 6.07) is 12.8. The lowest BCUT2D eigenvalue weighted by molar-refractivity contribution is 0.197. The molecule has 0 bridgehead atoms. The topological polar surface area (TPSA) is 53.5 Å². The Kier molecular flexibility index (Phi) is 6.80. The highest BCUT2D eigenvalue weighted by molar-refractivity contribution is 5.45. The maximum Gasteiger partial charge on any atom is 0.224 e. The number of anilines is 2. The molecule has 1 aliphatic heterocycles. The molecule has 2 heterocycles. The Morgan fingerprint density at radius 3 is 2.58 bits per heavy atom. The number of hydrogen-bond acceptors (Lipinski definition) is 6. The lowest BCUT2D eigenvalue weighted by atomic mass is 10.2. The third kappa shape index (κ3) is 5.41. The maximum atomic E-state index is 5.08. The predicted molar refractivity (Wildman–Crippen MR) is 106 cm³/mol. The molecule has 0 saturated carbocycles. The summed E-state index contributed by atoms with van der Waals surface area (Å²) in [4.78, 5) is 14.1. The van der Waals surface area contributed by atoms with E-state index < -0.39 is 0 Å². The molecule has 6 nitrogen and oxygen atoms in total. The van der Waals surface area contributed by atoms with E-state index in [4.69, 9.17) is 9.72 Å². The molecule has 0 radical (unpaired) electrons. The summed E-state index contributed by atoms with van der Waals surface area (Å²) in [5, 5.41) is 3.30. The molecule has 0 aliphatic carbocycles. The first-order valence-electron chi connectivity index (χ1n) is 9.34. The molecule has 0 spiro atoms. The summed E-state index contributed by atoms with van der Waals surface area (Å²) in [5.41, 5.74) is 2.37. The minimum atomic E-state index is 0.711. The fraction of sp³-hybridized carbons (Fsp3) is 0.500. The molecule has 1 aromatic heterocycles. The smallest absolute Gasteiger partial charge is 0.224 e. The fourth-order valence-corrected chi connectivity index (χ4v) is 3.19. The second-order valence-electron chi connectivity index (χ2n) is 6.71. The van der Waals surface area contributed by atoms with Gasteiger partial charge in [-0.3, -0.25) is 4.90 Å². The van der Waals surface area contributed by atoms with Gasteiger partial charge in [0.05, 0.1) is 0 Å². The van der Waals surface area contributed by atoms with Crippen LogP contribution in [0, 0.1) is 6.92 Å². The van der Waals surface area contributed by atoms with E-state index in [0.717, 1.165) is 63.8 Å². The number of piperazine rings is 1. The number of nitrogens with one attached hydrogen (secondary N) is 1. The van der Waals surface area contributed by atoms with Gasteiger partial charge in [0.15, 0.2) is 0 Å². The van der Waals surface area contributed by atoms with Crippen LogP contribution in [0.2, 0.25) is 0 Å². The normalized spacial score (nSPS) is 15.2. The van der Waals surface area contributed by atoms with Crippen LogP contribution in [0.4, 0.5) is 11.8 Å². The van der Waals surface area contributed by atoms with Gasteiger partial charge in [-0.1, -0.05) is 30.3 Å². The molecule has 1 N–H and O–H groups in total. The average Bonchev–Trinajstić information content (AvgIpc) is 2.66. The van der Waals surface area contributed by atoms with Gasteiger partial charge < -0.3 is 15.0 Å². The monoisotopic (exact) mass is 355 g/mol. The quantitative estimate of drug-likeness (QED) is 0.735. The average molecular weight is 355 g/mol. The Bertz CT molecular complexity index is 671. The van der Waals surface area contributed by atoms with Crippen molar-refractivity contribution >= 4 is 11.8 Å². The molecule has 0 atom stereocenters. The van der Waals surface area contributed by atoms with Gasteiger partial charge in [0.25, 0.3) is 0 Å². The number of benzene rings is 1. The summed E-state index contributed by atoms with van der Waals surface area (Å²) >= 11 is 0. The first-order chi connectivity index (χ1) is 12.7. The number of rotatable bonds is 8. The minimum Gasteiger partial charge on any atom is -0.385 e. The highest BCUT2D eigenvalue weighted by Gasteiger charge is 2.19. The Labute approximate surface area is 156 Å². The zero-order valence-corrected chi connectivity index (χ0v) is 15.8. The van der Waals surface area contributed by atoms with Gasteiger partial charge in [-0.05, 0) is 18.9 Å². The maximum absolute atomic E-state index is 5.08. The van der Waals surface area contributed by atoms with Crippen molar-refractivity contribution in [3.05, 3.63) is 47.7 Å². The number of ether oxygens (including phenoxy) is 1. The Morgan fingerprint density at radius 2 is 1.85 bits per heavy atom. The van der Waals surface area contributed by atoms with Crippen LogP contribution in [-0.4, -0.2) is 61.3 Å². The molecule has 26 heavy (non-hydrogen) atoms. The highest BCUT2D eigenvalue weighted by atomic mass is 16.5. The van der Waals surface area contributed by atoms with Crippen LogP contribution < -0.4 is 10.2 Å². The molecule has 1 saturated heterocycles. The lowest BCUT2D eigenvalue weighted by Gasteiger charge is -2.35. The van der Waals surface area contributed by atoms with Crippen molar-refractivity contribution in [2.75, 3.05) is 56.7 Å². The summed E-state index contributed by atoms with van der Waals surface area (Å²) in [5.74, 6) is 1.73. The van der Waals surface area contributed by atoms with E-state index >= 15 is 0 Å². The Hall–Kier alpha value is -2.18. The van der Waals surface area contributed by atoms with Crippen molar-refractivity contribution in [3.8, 4) is 0 Å². The van der Waals surface area contributed by atoms with Gasteiger partial charge >= 0.3 is 0 Å². The SMILES string of the molecule is COCCCNc1nc(C)cc(N2CCN(Cc3ccccc3)CC2)n1. The summed E-state index contributed by atoms with van der Waals surface area (Å²) in [6.07, 6.45) is 0.946. The first-order valence-corrected chi connectivity index (χ1v) is 9.34. The van der Waals surface area contributed by atoms with Crippen molar-refractivity contribution in [1.29, 1.82) is 0 Å². The van der Waals surface area contributed by atoms with Gasteiger partial charge in [-0.2, -0.15) is 4.98 Å². The van der Waals surface area contributed by atoms with Crippen molar-refractivity contribution in [2.24, 2.45) is 0 Å². The molecule has 0 amide bonds. The van der Waals surface area contributed by atoms with Gasteiger partial charge in [-0.15, -0.1) is 0 Å². The largest absolute Gasteiger partial charge is 0.385 e. The molecule has 0 unspecified atom stereocenters. The molecule has 1 aliphatic rings. The van der Waals surface area contributed by atoms with Crippen LogP contribution in [0.25, 0.3) is 0 Å². The van der Waals surface area contributed by atoms with E-state index in [1.54, 1.807) is 7.11 Å². The predicted octanol–water partition coefficient (Wildman–Crippen LogP) is 2.56. The zero-order valence-electron chi connectivity index (χ0n) is 15.8. The first kappa shape index (κ1) is 18.6. The third-order valence-electron chi connectivity index (χ3n) is 4.59. The summed E-state index contributed by atoms with van der Waals surface area (Å²) < 4.78 is 5.08. The number of hydrogen-bond donors (Lipinski definition) is 1. The molecule has 1 aromatic carbocycles. The second kappa shape index (κ2) is 9.50. The van der Waals surface area contributed by atoms with E-state index in [9.17, 15) is 0 Å². The fourth-order valence-electron chi connectivity index (χ4n) is 3.19. The minimum absolute atomic E-state index is 0.711. The lowest BCUT2D eigenvalue weighted by Crippen LogP contribution is -2.46. The highest BCUT2D eigenvalue weighted by Crippen LogP contribution is 2.18. The molecule has 6 heteroatoms. The van der Waals surface area contributed by atoms with Crippen LogP contribution in [0.1, 0.15) is 17.7 Å². The molecule has 3 rings (SSSR count). The van der Waals surface area contributed by atoms with Gasteiger partial charge in [0.2, 0.25) is 5.95 Å².